The molecule has 2 rings (SSSR count). The predicted molar refractivity (Wildman–Crippen MR) is 81.6 cm³/mol. The monoisotopic (exact) mass is 286 g/mol. The number of hydrogen-bond donors (Lipinski definition) is 2. The van der Waals surface area contributed by atoms with Crippen molar-refractivity contribution in [2.45, 2.75) is 39.7 Å². The molecular formula is C16H22N4O. The highest BCUT2D eigenvalue weighted by Crippen LogP contribution is 2.22. The fraction of sp³-hybridized carbons (Fsp3) is 0.438. The van der Waals surface area contributed by atoms with Gasteiger partial charge in [0.1, 0.15) is 0 Å². The highest BCUT2D eigenvalue weighted by Gasteiger charge is 2.21. The zero-order chi connectivity index (χ0) is 15.2. The molecule has 1 unspecified atom stereocenters. The van der Waals surface area contributed by atoms with Gasteiger partial charge in [0.15, 0.2) is 0 Å². The maximum absolute atomic E-state index is 12.2. The molecular weight excluding hydrogens is 264 g/mol. The molecule has 112 valence electrons. The zero-order valence-corrected chi connectivity index (χ0v) is 12.8. The van der Waals surface area contributed by atoms with Crippen LogP contribution in [0.3, 0.4) is 0 Å². The Kier molecular flexibility index (Phi) is 5.09. The van der Waals surface area contributed by atoms with Crippen molar-refractivity contribution in [2.75, 3.05) is 0 Å². The van der Waals surface area contributed by atoms with E-state index in [1.807, 2.05) is 19.1 Å². The van der Waals surface area contributed by atoms with E-state index in [2.05, 4.69) is 34.1 Å². The maximum atomic E-state index is 12.2. The van der Waals surface area contributed by atoms with Gasteiger partial charge in [0.2, 0.25) is 5.91 Å². The van der Waals surface area contributed by atoms with Crippen LogP contribution >= 0.6 is 0 Å². The van der Waals surface area contributed by atoms with Crippen LogP contribution in [0, 0.1) is 12.8 Å². The van der Waals surface area contributed by atoms with E-state index in [9.17, 15) is 4.79 Å². The molecule has 0 spiro atoms. The van der Waals surface area contributed by atoms with Gasteiger partial charge in [0, 0.05) is 24.5 Å². The Balaban J connectivity index is 2.00. The first-order valence-electron chi connectivity index (χ1n) is 7.26. The number of hydrogen-bond acceptors (Lipinski definition) is 3. The van der Waals surface area contributed by atoms with Gasteiger partial charge in [-0.15, -0.1) is 0 Å². The first kappa shape index (κ1) is 15.2. The van der Waals surface area contributed by atoms with Gasteiger partial charge in [-0.05, 0) is 30.9 Å². The summed E-state index contributed by atoms with van der Waals surface area (Å²) in [4.78, 5) is 23.6. The molecule has 5 nitrogen and oxygen atoms in total. The van der Waals surface area contributed by atoms with Gasteiger partial charge in [-0.3, -0.25) is 9.78 Å². The fourth-order valence-electron chi connectivity index (χ4n) is 2.29. The summed E-state index contributed by atoms with van der Waals surface area (Å²) in [5.74, 6) is 0.322. The molecule has 2 aromatic heterocycles. The van der Waals surface area contributed by atoms with Crippen LogP contribution in [0.25, 0.3) is 0 Å². The molecule has 0 saturated carbocycles. The number of nitrogens with zero attached hydrogens (tertiary/aromatic N) is 2. The Bertz CT molecular complexity index is 578. The third-order valence-electron chi connectivity index (χ3n) is 3.50. The summed E-state index contributed by atoms with van der Waals surface area (Å²) in [5.41, 5.74) is 3.02. The second-order valence-electron chi connectivity index (χ2n) is 5.57. The third kappa shape index (κ3) is 4.15. The number of pyridine rings is 1. The molecule has 0 radical (unpaired) electrons. The van der Waals surface area contributed by atoms with Crippen LogP contribution < -0.4 is 5.32 Å². The smallest absolute Gasteiger partial charge is 0.220 e. The lowest BCUT2D eigenvalue weighted by Gasteiger charge is -2.23. The molecule has 2 N–H and O–H groups in total. The largest absolute Gasteiger partial charge is 0.348 e. The van der Waals surface area contributed by atoms with Crippen molar-refractivity contribution in [3.8, 4) is 0 Å². The van der Waals surface area contributed by atoms with E-state index in [4.69, 9.17) is 0 Å². The van der Waals surface area contributed by atoms with Crippen LogP contribution in [0.15, 0.2) is 30.9 Å². The van der Waals surface area contributed by atoms with E-state index in [0.29, 0.717) is 12.8 Å². The SMILES string of the molecule is Cc1cccnc1C(NC(=O)CCc1cnc[nH]1)C(C)C. The molecule has 0 fully saturated rings. The number of carbonyl (C=O) groups excluding carboxylic acids is 1. The third-order valence-corrected chi connectivity index (χ3v) is 3.50. The average Bonchev–Trinajstić information content (AvgIpc) is 2.96. The van der Waals surface area contributed by atoms with Gasteiger partial charge in [0.25, 0.3) is 0 Å². The lowest BCUT2D eigenvalue weighted by Crippen LogP contribution is -2.33. The van der Waals surface area contributed by atoms with Gasteiger partial charge in [-0.1, -0.05) is 19.9 Å². The Morgan fingerprint density at radius 1 is 1.43 bits per heavy atom. The molecule has 1 atom stereocenters. The van der Waals surface area contributed by atoms with E-state index in [0.717, 1.165) is 17.0 Å². The predicted octanol–water partition coefficient (Wildman–Crippen LogP) is 2.56. The van der Waals surface area contributed by atoms with Crippen LogP contribution in [0.1, 0.15) is 43.3 Å². The minimum absolute atomic E-state index is 0.0355. The number of H-pyrrole nitrogens is 1. The first-order chi connectivity index (χ1) is 10.1. The summed E-state index contributed by atoms with van der Waals surface area (Å²) in [5, 5.41) is 3.10. The molecule has 0 aliphatic heterocycles. The second-order valence-corrected chi connectivity index (χ2v) is 5.57. The first-order valence-corrected chi connectivity index (χ1v) is 7.26. The van der Waals surface area contributed by atoms with Crippen molar-refractivity contribution < 1.29 is 4.79 Å². The number of imidazole rings is 1. The number of amides is 1. The van der Waals surface area contributed by atoms with Crippen molar-refractivity contribution in [1.29, 1.82) is 0 Å². The highest BCUT2D eigenvalue weighted by atomic mass is 16.1. The highest BCUT2D eigenvalue weighted by molar-refractivity contribution is 5.76. The Morgan fingerprint density at radius 2 is 2.24 bits per heavy atom. The van der Waals surface area contributed by atoms with Gasteiger partial charge in [-0.2, -0.15) is 0 Å². The Hall–Kier alpha value is -2.17. The van der Waals surface area contributed by atoms with Crippen LogP contribution in [0.2, 0.25) is 0 Å². The molecule has 2 heterocycles. The van der Waals surface area contributed by atoms with Gasteiger partial charge >= 0.3 is 0 Å². The van der Waals surface area contributed by atoms with Gasteiger partial charge < -0.3 is 10.3 Å². The molecule has 0 aromatic carbocycles. The number of carbonyl (C=O) groups is 1. The fourth-order valence-corrected chi connectivity index (χ4v) is 2.29. The van der Waals surface area contributed by atoms with Crippen molar-refractivity contribution in [1.82, 2.24) is 20.3 Å². The molecule has 0 saturated heterocycles. The number of nitrogens with one attached hydrogen (secondary N) is 2. The molecule has 1 amide bonds. The number of aromatic nitrogens is 3. The molecule has 0 bridgehead atoms. The van der Waals surface area contributed by atoms with E-state index in [1.54, 1.807) is 18.7 Å². The Labute approximate surface area is 125 Å². The maximum Gasteiger partial charge on any atom is 0.220 e. The van der Waals surface area contributed by atoms with Crippen molar-refractivity contribution in [3.05, 3.63) is 47.8 Å². The van der Waals surface area contributed by atoms with Crippen molar-refractivity contribution in [2.24, 2.45) is 5.92 Å². The minimum atomic E-state index is -0.0551. The van der Waals surface area contributed by atoms with Crippen LogP contribution in [0.4, 0.5) is 0 Å². The number of aromatic amines is 1. The second kappa shape index (κ2) is 7.02. The zero-order valence-electron chi connectivity index (χ0n) is 12.8. The van der Waals surface area contributed by atoms with Gasteiger partial charge in [-0.25, -0.2) is 4.98 Å². The summed E-state index contributed by atoms with van der Waals surface area (Å²) in [7, 11) is 0. The lowest BCUT2D eigenvalue weighted by atomic mass is 9.97. The van der Waals surface area contributed by atoms with Crippen LogP contribution in [0.5, 0.6) is 0 Å². The van der Waals surface area contributed by atoms with Gasteiger partial charge in [0.05, 0.1) is 18.1 Å². The molecule has 2 aromatic rings. The van der Waals surface area contributed by atoms with Crippen molar-refractivity contribution >= 4 is 5.91 Å². The van der Waals surface area contributed by atoms with E-state index in [-0.39, 0.29) is 17.9 Å². The standard InChI is InChI=1S/C16H22N4O/c1-11(2)15(16-12(3)5-4-8-18-16)20-14(21)7-6-13-9-17-10-19-13/h4-5,8-11,15H,6-7H2,1-3H3,(H,17,19)(H,20,21). The quantitative estimate of drug-likeness (QED) is 0.857. The summed E-state index contributed by atoms with van der Waals surface area (Å²) in [6.07, 6.45) is 6.25. The normalized spacial score (nSPS) is 12.4. The van der Waals surface area contributed by atoms with E-state index in [1.165, 1.54) is 0 Å². The summed E-state index contributed by atoms with van der Waals surface area (Å²) >= 11 is 0. The van der Waals surface area contributed by atoms with Crippen LogP contribution in [-0.2, 0) is 11.2 Å². The van der Waals surface area contributed by atoms with Crippen LogP contribution in [-0.4, -0.2) is 20.9 Å². The minimum Gasteiger partial charge on any atom is -0.348 e. The summed E-state index contributed by atoms with van der Waals surface area (Å²) < 4.78 is 0. The lowest BCUT2D eigenvalue weighted by molar-refractivity contribution is -0.122. The van der Waals surface area contributed by atoms with E-state index >= 15 is 0 Å². The van der Waals surface area contributed by atoms with Crippen molar-refractivity contribution in [3.63, 3.8) is 0 Å². The number of rotatable bonds is 6. The topological polar surface area (TPSA) is 70.7 Å². The number of aryl methyl sites for hydroxylation is 2. The Morgan fingerprint density at radius 3 is 2.86 bits per heavy atom. The molecule has 5 heteroatoms. The summed E-state index contributed by atoms with van der Waals surface area (Å²) in [6.45, 7) is 6.20. The molecule has 0 aliphatic carbocycles. The average molecular weight is 286 g/mol. The molecule has 0 aliphatic rings. The van der Waals surface area contributed by atoms with E-state index < -0.39 is 0 Å². The summed E-state index contributed by atoms with van der Waals surface area (Å²) in [6, 6.07) is 3.88. The molecule has 21 heavy (non-hydrogen) atoms.